The second-order valence-electron chi connectivity index (χ2n) is 5.86. The molecule has 0 saturated carbocycles. The monoisotopic (exact) mass is 419 g/mol. The van der Waals surface area contributed by atoms with E-state index in [0.717, 1.165) is 6.07 Å². The van der Waals surface area contributed by atoms with Crippen molar-refractivity contribution in [1.29, 1.82) is 0 Å². The van der Waals surface area contributed by atoms with Crippen LogP contribution in [0.3, 0.4) is 0 Å². The van der Waals surface area contributed by atoms with Crippen LogP contribution in [0.25, 0.3) is 0 Å². The molecule has 1 heterocycles. The number of hydrogen-bond donors (Lipinski definition) is 2. The summed E-state index contributed by atoms with van der Waals surface area (Å²) in [6.45, 7) is 0. The predicted molar refractivity (Wildman–Crippen MR) is 106 cm³/mol. The highest BCUT2D eigenvalue weighted by molar-refractivity contribution is 7.91. The molecule has 0 saturated heterocycles. The van der Waals surface area contributed by atoms with E-state index in [4.69, 9.17) is 11.6 Å². The van der Waals surface area contributed by atoms with Gasteiger partial charge in [0, 0.05) is 17.4 Å². The summed E-state index contributed by atoms with van der Waals surface area (Å²) in [5.74, 6) is -1.33. The third kappa shape index (κ3) is 5.28. The molecule has 3 aromatic rings. The van der Waals surface area contributed by atoms with Gasteiger partial charge < -0.3 is 5.32 Å². The SMILES string of the molecule is O=C(Nc1ccc(F)c(Cl)c1)c1ccnc(NS(=O)(=O)Cc2ccccc2)c1. The van der Waals surface area contributed by atoms with Gasteiger partial charge in [-0.1, -0.05) is 41.9 Å². The fourth-order valence-corrected chi connectivity index (χ4v) is 3.71. The Morgan fingerprint density at radius 2 is 1.82 bits per heavy atom. The normalized spacial score (nSPS) is 11.1. The second kappa shape index (κ2) is 8.37. The Balaban J connectivity index is 1.72. The van der Waals surface area contributed by atoms with Crippen LogP contribution in [0.2, 0.25) is 5.02 Å². The fraction of sp³-hybridized carbons (Fsp3) is 0.0526. The average molecular weight is 420 g/mol. The number of carbonyl (C=O) groups excluding carboxylic acids is 1. The van der Waals surface area contributed by atoms with Gasteiger partial charge in [-0.3, -0.25) is 9.52 Å². The van der Waals surface area contributed by atoms with Gasteiger partial charge in [0.05, 0.1) is 10.8 Å². The summed E-state index contributed by atoms with van der Waals surface area (Å²) in [4.78, 5) is 16.3. The van der Waals surface area contributed by atoms with Crippen LogP contribution in [0, 0.1) is 5.82 Å². The summed E-state index contributed by atoms with van der Waals surface area (Å²) < 4.78 is 40.2. The van der Waals surface area contributed by atoms with E-state index >= 15 is 0 Å². The zero-order valence-electron chi connectivity index (χ0n) is 14.4. The molecule has 0 aliphatic rings. The minimum atomic E-state index is -3.70. The van der Waals surface area contributed by atoms with E-state index in [1.54, 1.807) is 30.3 Å². The van der Waals surface area contributed by atoms with Crippen molar-refractivity contribution >= 4 is 39.0 Å². The van der Waals surface area contributed by atoms with E-state index in [2.05, 4.69) is 15.0 Å². The van der Waals surface area contributed by atoms with E-state index in [1.807, 2.05) is 0 Å². The molecule has 6 nitrogen and oxygen atoms in total. The quantitative estimate of drug-likeness (QED) is 0.630. The first-order chi connectivity index (χ1) is 13.3. The van der Waals surface area contributed by atoms with Crippen molar-refractivity contribution in [3.63, 3.8) is 0 Å². The number of anilines is 2. The Morgan fingerprint density at radius 1 is 1.07 bits per heavy atom. The first-order valence-electron chi connectivity index (χ1n) is 8.09. The van der Waals surface area contributed by atoms with Gasteiger partial charge in [0.15, 0.2) is 0 Å². The molecule has 0 spiro atoms. The van der Waals surface area contributed by atoms with Crippen LogP contribution in [0.15, 0.2) is 66.9 Å². The number of halogens is 2. The molecular weight excluding hydrogens is 405 g/mol. The maximum absolute atomic E-state index is 13.2. The summed E-state index contributed by atoms with van der Waals surface area (Å²) in [6.07, 6.45) is 1.31. The van der Waals surface area contributed by atoms with Crippen LogP contribution in [-0.2, 0) is 15.8 Å². The minimum absolute atomic E-state index is 0.0146. The maximum atomic E-state index is 13.2. The summed E-state index contributed by atoms with van der Waals surface area (Å²) in [6, 6.07) is 15.2. The molecule has 144 valence electrons. The fourth-order valence-electron chi connectivity index (χ4n) is 2.39. The Bertz CT molecular complexity index is 1110. The molecule has 28 heavy (non-hydrogen) atoms. The number of carbonyl (C=O) groups is 1. The van der Waals surface area contributed by atoms with E-state index in [9.17, 15) is 17.6 Å². The lowest BCUT2D eigenvalue weighted by Crippen LogP contribution is -2.17. The van der Waals surface area contributed by atoms with Gasteiger partial charge in [-0.25, -0.2) is 17.8 Å². The molecule has 1 amide bonds. The number of sulfonamides is 1. The summed E-state index contributed by atoms with van der Waals surface area (Å²) in [7, 11) is -3.70. The van der Waals surface area contributed by atoms with Crippen LogP contribution in [0.4, 0.5) is 15.9 Å². The smallest absolute Gasteiger partial charge is 0.255 e. The third-order valence-electron chi connectivity index (χ3n) is 3.66. The summed E-state index contributed by atoms with van der Waals surface area (Å²) in [5.41, 5.74) is 1.10. The van der Waals surface area contributed by atoms with E-state index in [1.165, 1.54) is 30.5 Å². The predicted octanol–water partition coefficient (Wildman–Crippen LogP) is 4.07. The zero-order valence-corrected chi connectivity index (χ0v) is 16.0. The van der Waals surface area contributed by atoms with Crippen molar-refractivity contribution < 1.29 is 17.6 Å². The lowest BCUT2D eigenvalue weighted by atomic mass is 10.2. The highest BCUT2D eigenvalue weighted by atomic mass is 35.5. The Labute approximate surface area is 166 Å². The highest BCUT2D eigenvalue weighted by Crippen LogP contribution is 2.20. The van der Waals surface area contributed by atoms with Gasteiger partial charge >= 0.3 is 0 Å². The number of hydrogen-bond acceptors (Lipinski definition) is 4. The first-order valence-corrected chi connectivity index (χ1v) is 10.1. The van der Waals surface area contributed by atoms with Crippen molar-refractivity contribution in [1.82, 2.24) is 4.98 Å². The largest absolute Gasteiger partial charge is 0.322 e. The number of rotatable bonds is 6. The Hall–Kier alpha value is -2.97. The van der Waals surface area contributed by atoms with Crippen molar-refractivity contribution in [2.45, 2.75) is 5.75 Å². The van der Waals surface area contributed by atoms with Gasteiger partial charge in [0.25, 0.3) is 5.91 Å². The first kappa shape index (κ1) is 19.8. The molecule has 1 aromatic heterocycles. The summed E-state index contributed by atoms with van der Waals surface area (Å²) >= 11 is 5.69. The molecular formula is C19H15ClFN3O3S. The van der Waals surface area contributed by atoms with Gasteiger partial charge in [0.1, 0.15) is 11.6 Å². The molecule has 3 rings (SSSR count). The number of pyridine rings is 1. The number of nitrogens with zero attached hydrogens (tertiary/aromatic N) is 1. The minimum Gasteiger partial charge on any atom is -0.322 e. The molecule has 0 atom stereocenters. The molecule has 2 aromatic carbocycles. The molecule has 2 N–H and O–H groups in total. The van der Waals surface area contributed by atoms with Crippen LogP contribution in [-0.4, -0.2) is 19.3 Å². The maximum Gasteiger partial charge on any atom is 0.255 e. The van der Waals surface area contributed by atoms with Crippen molar-refractivity contribution in [2.24, 2.45) is 0 Å². The number of nitrogens with one attached hydrogen (secondary N) is 2. The number of aromatic nitrogens is 1. The third-order valence-corrected chi connectivity index (χ3v) is 5.18. The van der Waals surface area contributed by atoms with Gasteiger partial charge in [-0.15, -0.1) is 0 Å². The van der Waals surface area contributed by atoms with Crippen LogP contribution in [0.5, 0.6) is 0 Å². The lowest BCUT2D eigenvalue weighted by Gasteiger charge is -2.09. The Kier molecular flexibility index (Phi) is 5.91. The van der Waals surface area contributed by atoms with Crippen LogP contribution in [0.1, 0.15) is 15.9 Å². The van der Waals surface area contributed by atoms with E-state index in [0.29, 0.717) is 11.3 Å². The van der Waals surface area contributed by atoms with E-state index in [-0.39, 0.29) is 22.2 Å². The highest BCUT2D eigenvalue weighted by Gasteiger charge is 2.14. The Morgan fingerprint density at radius 3 is 2.54 bits per heavy atom. The lowest BCUT2D eigenvalue weighted by molar-refractivity contribution is 0.102. The second-order valence-corrected chi connectivity index (χ2v) is 7.99. The van der Waals surface area contributed by atoms with Crippen molar-refractivity contribution in [3.05, 3.63) is 88.8 Å². The summed E-state index contributed by atoms with van der Waals surface area (Å²) in [5, 5.41) is 2.44. The molecule has 0 aliphatic carbocycles. The van der Waals surface area contributed by atoms with Gasteiger partial charge in [-0.05, 0) is 35.9 Å². The molecule has 9 heteroatoms. The van der Waals surface area contributed by atoms with Crippen molar-refractivity contribution in [3.8, 4) is 0 Å². The van der Waals surface area contributed by atoms with E-state index < -0.39 is 21.7 Å². The standard InChI is InChI=1S/C19H15ClFN3O3S/c20-16-11-15(6-7-17(16)21)23-19(25)14-8-9-22-18(10-14)24-28(26,27)12-13-4-2-1-3-5-13/h1-11H,12H2,(H,22,24)(H,23,25). The molecule has 0 fully saturated rings. The number of benzene rings is 2. The van der Waals surface area contributed by atoms with Crippen LogP contribution >= 0.6 is 11.6 Å². The van der Waals surface area contributed by atoms with Crippen molar-refractivity contribution in [2.75, 3.05) is 10.0 Å². The van der Waals surface area contributed by atoms with Gasteiger partial charge in [0.2, 0.25) is 10.0 Å². The van der Waals surface area contributed by atoms with Gasteiger partial charge in [-0.2, -0.15) is 0 Å². The number of amides is 1. The average Bonchev–Trinajstić information content (AvgIpc) is 2.65. The molecule has 0 radical (unpaired) electrons. The zero-order chi connectivity index (χ0) is 20.1. The van der Waals surface area contributed by atoms with Crippen LogP contribution < -0.4 is 10.0 Å². The topological polar surface area (TPSA) is 88.2 Å². The molecule has 0 aliphatic heterocycles. The molecule has 0 bridgehead atoms. The molecule has 0 unspecified atom stereocenters.